The highest BCUT2D eigenvalue weighted by atomic mass is 16.6. The second-order valence-electron chi connectivity index (χ2n) is 5.33. The van der Waals surface area contributed by atoms with Gasteiger partial charge in [-0.15, -0.1) is 0 Å². The van der Waals surface area contributed by atoms with E-state index in [-0.39, 0.29) is 6.10 Å². The van der Waals surface area contributed by atoms with Crippen molar-refractivity contribution in [3.63, 3.8) is 0 Å². The van der Waals surface area contributed by atoms with Crippen molar-refractivity contribution in [2.45, 2.75) is 39.7 Å². The lowest BCUT2D eigenvalue weighted by Crippen LogP contribution is -2.14. The topological polar surface area (TPSA) is 55.4 Å². The molecule has 0 aromatic carbocycles. The molecule has 6 heteroatoms. The monoisotopic (exact) mass is 336 g/mol. The fraction of sp³-hybridized carbons (Fsp3) is 1.00. The molecular formula is C17H36O6. The molecule has 0 rings (SSSR count). The summed E-state index contributed by atoms with van der Waals surface area (Å²) in [6, 6.07) is 0. The molecule has 140 valence electrons. The molecule has 0 saturated heterocycles. The predicted octanol–water partition coefficient (Wildman–Crippen LogP) is 2.29. The SMILES string of the molecule is CCCCOCCOCCOCCOCCOCCOC(C)C. The number of rotatable bonds is 19. The largest absolute Gasteiger partial charge is 0.379 e. The van der Waals surface area contributed by atoms with Crippen LogP contribution < -0.4 is 0 Å². The first-order chi connectivity index (χ1) is 11.3. The molecule has 0 aliphatic heterocycles. The molecule has 0 aromatic rings. The lowest BCUT2D eigenvalue weighted by atomic mass is 10.4. The van der Waals surface area contributed by atoms with Gasteiger partial charge in [-0.2, -0.15) is 0 Å². The van der Waals surface area contributed by atoms with Crippen LogP contribution in [0, 0.1) is 0 Å². The molecular weight excluding hydrogens is 300 g/mol. The number of hydrogen-bond donors (Lipinski definition) is 0. The molecule has 0 atom stereocenters. The molecule has 0 aromatic heterocycles. The quantitative estimate of drug-likeness (QED) is 0.337. The minimum Gasteiger partial charge on any atom is -0.379 e. The third kappa shape index (κ3) is 21.8. The molecule has 6 nitrogen and oxygen atoms in total. The molecule has 0 fully saturated rings. The van der Waals surface area contributed by atoms with Gasteiger partial charge in [-0.25, -0.2) is 0 Å². The van der Waals surface area contributed by atoms with Gasteiger partial charge in [-0.3, -0.25) is 0 Å². The summed E-state index contributed by atoms with van der Waals surface area (Å²) in [5, 5.41) is 0. The first-order valence-corrected chi connectivity index (χ1v) is 8.77. The van der Waals surface area contributed by atoms with Gasteiger partial charge in [0.25, 0.3) is 0 Å². The smallest absolute Gasteiger partial charge is 0.0703 e. The van der Waals surface area contributed by atoms with E-state index in [2.05, 4.69) is 6.92 Å². The van der Waals surface area contributed by atoms with Gasteiger partial charge in [0, 0.05) is 6.61 Å². The Kier molecular flexibility index (Phi) is 19.6. The molecule has 23 heavy (non-hydrogen) atoms. The molecule has 0 saturated carbocycles. The Bertz CT molecular complexity index is 213. The van der Waals surface area contributed by atoms with E-state index in [1.54, 1.807) is 0 Å². The Morgan fingerprint density at radius 1 is 0.522 bits per heavy atom. The summed E-state index contributed by atoms with van der Waals surface area (Å²) in [5.74, 6) is 0. The van der Waals surface area contributed by atoms with Gasteiger partial charge in [-0.05, 0) is 20.3 Å². The highest BCUT2D eigenvalue weighted by Crippen LogP contribution is 1.89. The van der Waals surface area contributed by atoms with E-state index in [4.69, 9.17) is 28.4 Å². The maximum atomic E-state index is 5.40. The number of hydrogen-bond acceptors (Lipinski definition) is 6. The minimum absolute atomic E-state index is 0.254. The molecule has 0 bridgehead atoms. The summed E-state index contributed by atoms with van der Waals surface area (Å²) in [6.07, 6.45) is 2.53. The Morgan fingerprint density at radius 3 is 1.22 bits per heavy atom. The van der Waals surface area contributed by atoms with E-state index in [0.717, 1.165) is 19.4 Å². The average molecular weight is 336 g/mol. The van der Waals surface area contributed by atoms with E-state index < -0.39 is 0 Å². The van der Waals surface area contributed by atoms with E-state index in [1.165, 1.54) is 0 Å². The maximum absolute atomic E-state index is 5.40. The third-order valence-electron chi connectivity index (χ3n) is 2.81. The summed E-state index contributed by atoms with van der Waals surface area (Å²) in [4.78, 5) is 0. The van der Waals surface area contributed by atoms with Gasteiger partial charge >= 0.3 is 0 Å². The summed E-state index contributed by atoms with van der Waals surface area (Å²) in [5.41, 5.74) is 0. The molecule has 0 aliphatic rings. The van der Waals surface area contributed by atoms with Gasteiger partial charge in [-0.1, -0.05) is 13.3 Å². The Morgan fingerprint density at radius 2 is 0.870 bits per heavy atom. The highest BCUT2D eigenvalue weighted by Gasteiger charge is 1.95. The lowest BCUT2D eigenvalue weighted by Gasteiger charge is -2.09. The number of ether oxygens (including phenoxy) is 6. The van der Waals surface area contributed by atoms with Crippen LogP contribution in [-0.2, 0) is 28.4 Å². The first kappa shape index (κ1) is 22.8. The third-order valence-corrected chi connectivity index (χ3v) is 2.81. The van der Waals surface area contributed by atoms with Crippen molar-refractivity contribution < 1.29 is 28.4 Å². The number of unbranched alkanes of at least 4 members (excludes halogenated alkanes) is 1. The molecule has 0 N–H and O–H groups in total. The van der Waals surface area contributed by atoms with Gasteiger partial charge in [0.15, 0.2) is 0 Å². The van der Waals surface area contributed by atoms with E-state index >= 15 is 0 Å². The molecule has 0 amide bonds. The van der Waals surface area contributed by atoms with E-state index in [9.17, 15) is 0 Å². The fourth-order valence-corrected chi connectivity index (χ4v) is 1.57. The van der Waals surface area contributed by atoms with Crippen molar-refractivity contribution in [2.75, 3.05) is 72.7 Å². The maximum Gasteiger partial charge on any atom is 0.0703 e. The van der Waals surface area contributed by atoms with E-state index in [0.29, 0.717) is 66.1 Å². The van der Waals surface area contributed by atoms with Crippen molar-refractivity contribution >= 4 is 0 Å². The van der Waals surface area contributed by atoms with E-state index in [1.807, 2.05) is 13.8 Å². The Hall–Kier alpha value is -0.240. The average Bonchev–Trinajstić information content (AvgIpc) is 2.53. The van der Waals surface area contributed by atoms with Crippen LogP contribution in [-0.4, -0.2) is 78.8 Å². The van der Waals surface area contributed by atoms with Crippen molar-refractivity contribution in [2.24, 2.45) is 0 Å². The van der Waals surface area contributed by atoms with Gasteiger partial charge in [0.2, 0.25) is 0 Å². The standard InChI is InChI=1S/C17H36O6/c1-4-5-6-18-7-8-19-9-10-20-11-12-21-13-14-22-15-16-23-17(2)3/h17H,4-16H2,1-3H3. The van der Waals surface area contributed by atoms with Crippen molar-refractivity contribution in [3.8, 4) is 0 Å². The molecule has 0 radical (unpaired) electrons. The summed E-state index contributed by atoms with van der Waals surface area (Å²) in [7, 11) is 0. The van der Waals surface area contributed by atoms with Crippen molar-refractivity contribution in [1.82, 2.24) is 0 Å². The van der Waals surface area contributed by atoms with Crippen LogP contribution in [0.2, 0.25) is 0 Å². The molecule has 0 spiro atoms. The van der Waals surface area contributed by atoms with Gasteiger partial charge in [0.1, 0.15) is 0 Å². The summed E-state index contributed by atoms with van der Waals surface area (Å²) >= 11 is 0. The zero-order valence-electron chi connectivity index (χ0n) is 15.2. The Balaban J connectivity index is 2.95. The molecule has 0 heterocycles. The molecule has 0 aliphatic carbocycles. The second-order valence-corrected chi connectivity index (χ2v) is 5.33. The van der Waals surface area contributed by atoms with Crippen LogP contribution in [0.25, 0.3) is 0 Å². The van der Waals surface area contributed by atoms with Crippen molar-refractivity contribution in [1.29, 1.82) is 0 Å². The normalized spacial score (nSPS) is 11.5. The van der Waals surface area contributed by atoms with Crippen molar-refractivity contribution in [3.05, 3.63) is 0 Å². The summed E-state index contributed by atoms with van der Waals surface area (Å²) < 4.78 is 32.3. The van der Waals surface area contributed by atoms with Gasteiger partial charge < -0.3 is 28.4 Å². The zero-order chi connectivity index (χ0) is 17.0. The van der Waals surface area contributed by atoms with Crippen LogP contribution in [0.1, 0.15) is 33.6 Å². The minimum atomic E-state index is 0.254. The highest BCUT2D eigenvalue weighted by molar-refractivity contribution is 4.38. The van der Waals surface area contributed by atoms with Crippen LogP contribution in [0.4, 0.5) is 0 Å². The molecule has 0 unspecified atom stereocenters. The summed E-state index contributed by atoms with van der Waals surface area (Å²) in [6.45, 7) is 13.0. The van der Waals surface area contributed by atoms with Crippen LogP contribution >= 0.6 is 0 Å². The zero-order valence-corrected chi connectivity index (χ0v) is 15.2. The Labute approximate surface area is 141 Å². The lowest BCUT2D eigenvalue weighted by molar-refractivity contribution is -0.0213. The first-order valence-electron chi connectivity index (χ1n) is 8.77. The van der Waals surface area contributed by atoms with Gasteiger partial charge in [0.05, 0.1) is 72.2 Å². The van der Waals surface area contributed by atoms with Crippen LogP contribution in [0.5, 0.6) is 0 Å². The predicted molar refractivity (Wildman–Crippen MR) is 90.1 cm³/mol. The van der Waals surface area contributed by atoms with Crippen LogP contribution in [0.3, 0.4) is 0 Å². The second kappa shape index (κ2) is 19.8. The van der Waals surface area contributed by atoms with Crippen LogP contribution in [0.15, 0.2) is 0 Å². The fourth-order valence-electron chi connectivity index (χ4n) is 1.57.